The molecule has 0 bridgehead atoms. The van der Waals surface area contributed by atoms with Crippen LogP contribution in [0.2, 0.25) is 0 Å². The van der Waals surface area contributed by atoms with Gasteiger partial charge in [-0.2, -0.15) is 0 Å². The molecule has 0 aromatic heterocycles. The van der Waals surface area contributed by atoms with E-state index in [0.29, 0.717) is 49.1 Å². The van der Waals surface area contributed by atoms with Gasteiger partial charge in [-0.05, 0) is 97.4 Å². The number of likely N-dealkylation sites (tertiary alicyclic amines) is 1. The lowest BCUT2D eigenvalue weighted by atomic mass is 9.67. The number of nitrogens with zero attached hydrogens (tertiary/aromatic N) is 2. The molecular weight excluding hydrogens is 514 g/mol. The Bertz CT molecular complexity index is 832. The molecule has 1 saturated heterocycles. The molecule has 4 atom stereocenters. The van der Waals surface area contributed by atoms with Crippen molar-refractivity contribution in [3.63, 3.8) is 0 Å². The molecule has 3 saturated carbocycles. The standard InChI is InChI=1S/C31H52ClN3O4/c1-4-16-34(17-15-32)25-12-10-24(11-13-25)33-23-8-5-21(6-9-23)29(36)22-7-14-26-28(18-22)35(20(2)3)19-27(30(26)37)31(38)39/h20-28,33H,4-19H2,1-3H3,(H,38,39)/p-1. The maximum atomic E-state index is 13.6. The third kappa shape index (κ3) is 7.44. The van der Waals surface area contributed by atoms with Crippen molar-refractivity contribution in [3.8, 4) is 0 Å². The van der Waals surface area contributed by atoms with Crippen molar-refractivity contribution in [2.75, 3.05) is 25.5 Å². The van der Waals surface area contributed by atoms with Crippen molar-refractivity contribution in [1.82, 2.24) is 15.1 Å². The minimum absolute atomic E-state index is 0.0105. The van der Waals surface area contributed by atoms with Crippen molar-refractivity contribution < 1.29 is 19.5 Å². The predicted octanol–water partition coefficient (Wildman–Crippen LogP) is 3.41. The van der Waals surface area contributed by atoms with Gasteiger partial charge in [-0.3, -0.25) is 19.4 Å². The van der Waals surface area contributed by atoms with Crippen LogP contribution in [-0.4, -0.2) is 83.1 Å². The molecule has 4 aliphatic rings. The summed E-state index contributed by atoms with van der Waals surface area (Å²) in [5.41, 5.74) is 0. The summed E-state index contributed by atoms with van der Waals surface area (Å²) >= 11 is 6.05. The molecule has 1 N–H and O–H groups in total. The summed E-state index contributed by atoms with van der Waals surface area (Å²) in [4.78, 5) is 42.9. The number of aliphatic carboxylic acids is 1. The second-order valence-corrected chi connectivity index (χ2v) is 13.5. The number of halogens is 1. The number of carbonyl (C=O) groups excluding carboxylic acids is 3. The Balaban J connectivity index is 1.24. The van der Waals surface area contributed by atoms with E-state index in [1.807, 2.05) is 13.8 Å². The molecule has 0 spiro atoms. The maximum absolute atomic E-state index is 13.6. The van der Waals surface area contributed by atoms with Crippen LogP contribution < -0.4 is 10.4 Å². The second kappa shape index (κ2) is 14.2. The van der Waals surface area contributed by atoms with Crippen molar-refractivity contribution >= 4 is 29.1 Å². The molecule has 222 valence electrons. The van der Waals surface area contributed by atoms with E-state index in [4.69, 9.17) is 11.6 Å². The molecular formula is C31H51ClN3O4-. The van der Waals surface area contributed by atoms with Crippen LogP contribution in [0.1, 0.15) is 97.8 Å². The van der Waals surface area contributed by atoms with Crippen LogP contribution >= 0.6 is 11.6 Å². The Morgan fingerprint density at radius 2 is 1.59 bits per heavy atom. The first kappa shape index (κ1) is 30.9. The monoisotopic (exact) mass is 564 g/mol. The van der Waals surface area contributed by atoms with E-state index < -0.39 is 11.9 Å². The maximum Gasteiger partial charge on any atom is 0.147 e. The number of fused-ring (bicyclic) bond motifs is 1. The summed E-state index contributed by atoms with van der Waals surface area (Å²) in [6.45, 7) is 8.68. The lowest BCUT2D eigenvalue weighted by Gasteiger charge is -2.50. The normalized spacial score (nSPS) is 36.2. The van der Waals surface area contributed by atoms with Crippen LogP contribution in [0.3, 0.4) is 0 Å². The lowest BCUT2D eigenvalue weighted by Crippen LogP contribution is -2.61. The number of Topliss-reactive ketones (excluding diaryl/α,β-unsaturated/α-hetero) is 2. The Kier molecular flexibility index (Phi) is 11.3. The zero-order valence-corrected chi connectivity index (χ0v) is 25.2. The average Bonchev–Trinajstić information content (AvgIpc) is 2.93. The van der Waals surface area contributed by atoms with Gasteiger partial charge in [0.1, 0.15) is 11.6 Å². The molecule has 4 fully saturated rings. The molecule has 0 aromatic carbocycles. The van der Waals surface area contributed by atoms with Crippen LogP contribution in [0.5, 0.6) is 0 Å². The molecule has 3 aliphatic carbocycles. The summed E-state index contributed by atoms with van der Waals surface area (Å²) in [6.07, 6.45) is 12.2. The number of carbonyl (C=O) groups is 3. The molecule has 0 aromatic rings. The number of carboxylic acids is 1. The average molecular weight is 565 g/mol. The fourth-order valence-electron chi connectivity index (χ4n) is 8.27. The van der Waals surface area contributed by atoms with Gasteiger partial charge in [0.05, 0.1) is 11.9 Å². The van der Waals surface area contributed by atoms with E-state index in [0.717, 1.165) is 38.8 Å². The number of nitrogens with one attached hydrogen (secondary N) is 1. The van der Waals surface area contributed by atoms with Crippen LogP contribution in [-0.2, 0) is 14.4 Å². The molecule has 39 heavy (non-hydrogen) atoms. The molecule has 4 unspecified atom stereocenters. The van der Waals surface area contributed by atoms with Crippen molar-refractivity contribution in [2.24, 2.45) is 23.7 Å². The number of hydrogen-bond acceptors (Lipinski definition) is 7. The Morgan fingerprint density at radius 3 is 2.15 bits per heavy atom. The fraction of sp³-hybridized carbons (Fsp3) is 0.903. The van der Waals surface area contributed by atoms with Gasteiger partial charge in [0.15, 0.2) is 0 Å². The lowest BCUT2D eigenvalue weighted by molar-refractivity contribution is -0.311. The highest BCUT2D eigenvalue weighted by Gasteiger charge is 2.48. The predicted molar refractivity (Wildman–Crippen MR) is 152 cm³/mol. The van der Waals surface area contributed by atoms with Crippen LogP contribution in [0.15, 0.2) is 0 Å². The highest BCUT2D eigenvalue weighted by molar-refractivity contribution is 6.18. The molecule has 0 radical (unpaired) electrons. The zero-order valence-electron chi connectivity index (χ0n) is 24.4. The Hall–Kier alpha value is -1.02. The van der Waals surface area contributed by atoms with Crippen molar-refractivity contribution in [2.45, 2.75) is 128 Å². The van der Waals surface area contributed by atoms with E-state index in [1.165, 1.54) is 32.1 Å². The van der Waals surface area contributed by atoms with Crippen LogP contribution in [0.4, 0.5) is 0 Å². The van der Waals surface area contributed by atoms with E-state index in [1.54, 1.807) is 0 Å². The summed E-state index contributed by atoms with van der Waals surface area (Å²) in [5.74, 6) is -1.55. The van der Waals surface area contributed by atoms with Crippen LogP contribution in [0.25, 0.3) is 0 Å². The highest BCUT2D eigenvalue weighted by atomic mass is 35.5. The van der Waals surface area contributed by atoms with Gasteiger partial charge in [-0.15, -0.1) is 11.6 Å². The summed E-state index contributed by atoms with van der Waals surface area (Å²) in [6, 6.07) is 1.87. The van der Waals surface area contributed by atoms with Crippen molar-refractivity contribution in [3.05, 3.63) is 0 Å². The Morgan fingerprint density at radius 1 is 0.974 bits per heavy atom. The second-order valence-electron chi connectivity index (χ2n) is 13.1. The minimum atomic E-state index is -1.26. The summed E-state index contributed by atoms with van der Waals surface area (Å²) in [5, 5.41) is 15.5. The molecule has 0 amide bonds. The summed E-state index contributed by atoms with van der Waals surface area (Å²) < 4.78 is 0. The smallest absolute Gasteiger partial charge is 0.147 e. The van der Waals surface area contributed by atoms with Gasteiger partial charge in [0.25, 0.3) is 0 Å². The number of carboxylic acid groups (broad SMARTS) is 1. The number of rotatable bonds is 11. The van der Waals surface area contributed by atoms with E-state index in [2.05, 4.69) is 22.0 Å². The van der Waals surface area contributed by atoms with Gasteiger partial charge in [-0.25, -0.2) is 0 Å². The SMILES string of the molecule is CCCN(CCCl)C1CCC(NC2CCC(C(=O)C3CCC4C(=O)C(C(=O)[O-])CN(C(C)C)C4C3)CC2)CC1. The molecule has 1 aliphatic heterocycles. The molecule has 7 nitrogen and oxygen atoms in total. The van der Waals surface area contributed by atoms with Gasteiger partial charge in [0.2, 0.25) is 0 Å². The van der Waals surface area contributed by atoms with E-state index in [9.17, 15) is 19.5 Å². The first-order valence-corrected chi connectivity index (χ1v) is 16.4. The van der Waals surface area contributed by atoms with Gasteiger partial charge >= 0.3 is 0 Å². The largest absolute Gasteiger partial charge is 0.549 e. The first-order chi connectivity index (χ1) is 18.7. The van der Waals surface area contributed by atoms with Gasteiger partial charge in [-0.1, -0.05) is 6.92 Å². The number of alkyl halides is 1. The molecule has 8 heteroatoms. The van der Waals surface area contributed by atoms with Gasteiger partial charge in [0, 0.05) is 66.9 Å². The van der Waals surface area contributed by atoms with E-state index in [-0.39, 0.29) is 42.2 Å². The third-order valence-electron chi connectivity index (χ3n) is 10.4. The molecule has 4 rings (SSSR count). The number of hydrogen-bond donors (Lipinski definition) is 1. The molecule has 1 heterocycles. The zero-order chi connectivity index (χ0) is 28.1. The quantitative estimate of drug-likeness (QED) is 0.304. The van der Waals surface area contributed by atoms with Crippen LogP contribution in [0, 0.1) is 23.7 Å². The number of piperidine rings is 1. The first-order valence-electron chi connectivity index (χ1n) is 15.8. The minimum Gasteiger partial charge on any atom is -0.549 e. The van der Waals surface area contributed by atoms with E-state index >= 15 is 0 Å². The number of ketones is 2. The Labute approximate surface area is 240 Å². The topological polar surface area (TPSA) is 92.8 Å². The highest BCUT2D eigenvalue weighted by Crippen LogP contribution is 2.41. The third-order valence-corrected chi connectivity index (χ3v) is 10.6. The summed E-state index contributed by atoms with van der Waals surface area (Å²) in [7, 11) is 0. The van der Waals surface area contributed by atoms with Crippen molar-refractivity contribution in [1.29, 1.82) is 0 Å². The fourth-order valence-corrected chi connectivity index (χ4v) is 8.49. The van der Waals surface area contributed by atoms with Gasteiger partial charge < -0.3 is 15.2 Å².